The molecule has 0 aromatic heterocycles. The van der Waals surface area contributed by atoms with Crippen molar-refractivity contribution in [3.8, 4) is 5.75 Å². The molecular formula is C33H38N3O4SU-. The number of nitrogens with two attached hydrogens (primary N) is 1. The minimum absolute atomic E-state index is 0. The summed E-state index contributed by atoms with van der Waals surface area (Å²) in [6.07, 6.45) is 5.13. The number of rotatable bonds is 10. The van der Waals surface area contributed by atoms with Gasteiger partial charge in [0.15, 0.2) is 11.7 Å². The van der Waals surface area contributed by atoms with Gasteiger partial charge < -0.3 is 20.2 Å². The number of ether oxygens (including phenoxy) is 1. The molecule has 1 aliphatic rings. The number of benzene rings is 3. The Morgan fingerprint density at radius 2 is 1.69 bits per heavy atom. The maximum Gasteiger partial charge on any atom is 0.196 e. The molecule has 9 heteroatoms. The van der Waals surface area contributed by atoms with Crippen molar-refractivity contribution in [3.63, 3.8) is 0 Å². The monoisotopic (exact) mass is 810 g/mol. The number of guanidine groups is 1. The van der Waals surface area contributed by atoms with E-state index in [0.29, 0.717) is 35.3 Å². The van der Waals surface area contributed by atoms with E-state index in [1.165, 1.54) is 0 Å². The van der Waals surface area contributed by atoms with Gasteiger partial charge in [-0.3, -0.25) is 9.00 Å². The van der Waals surface area contributed by atoms with Crippen LogP contribution in [-0.4, -0.2) is 52.1 Å². The third-order valence-electron chi connectivity index (χ3n) is 7.50. The maximum atomic E-state index is 13.8. The summed E-state index contributed by atoms with van der Waals surface area (Å²) in [4.78, 5) is 32.3. The van der Waals surface area contributed by atoms with Crippen LogP contribution in [-0.2, 0) is 22.0 Å². The van der Waals surface area contributed by atoms with Gasteiger partial charge >= 0.3 is 0 Å². The number of para-hydroxylation sites is 1. The van der Waals surface area contributed by atoms with Crippen molar-refractivity contribution in [3.05, 3.63) is 89.0 Å². The summed E-state index contributed by atoms with van der Waals surface area (Å²) < 4.78 is 17.8. The Morgan fingerprint density at radius 1 is 1.07 bits per heavy atom. The Bertz CT molecular complexity index is 1430. The minimum atomic E-state index is -1.11. The number of Topliss-reactive ketones (excluding diaryl/α,β-unsaturated/α-hetero) is 1. The fourth-order valence-corrected chi connectivity index (χ4v) is 5.87. The Morgan fingerprint density at radius 3 is 2.26 bits per heavy atom. The molecule has 2 N–H and O–H groups in total. The predicted molar refractivity (Wildman–Crippen MR) is 164 cm³/mol. The summed E-state index contributed by atoms with van der Waals surface area (Å²) >= 11 is 0. The summed E-state index contributed by atoms with van der Waals surface area (Å²) in [5.41, 5.74) is 9.85. The Balaban J connectivity index is 0.00000484. The van der Waals surface area contributed by atoms with Crippen LogP contribution >= 0.6 is 0 Å². The van der Waals surface area contributed by atoms with E-state index in [0.717, 1.165) is 35.2 Å². The number of hydrogen-bond donors (Lipinski definition) is 1. The number of aryl methyl sites for hydroxylation is 3. The molecule has 1 heterocycles. The summed E-state index contributed by atoms with van der Waals surface area (Å²) in [6.45, 7) is 8.44. The maximum absolute atomic E-state index is 13.8. The van der Waals surface area contributed by atoms with Crippen LogP contribution < -0.4 is 10.5 Å². The molecule has 3 aromatic carbocycles. The molecule has 0 amide bonds. The molecule has 1 aliphatic heterocycles. The third kappa shape index (κ3) is 8.43. The van der Waals surface area contributed by atoms with E-state index in [4.69, 9.17) is 10.5 Å². The molecule has 0 aliphatic carbocycles. The van der Waals surface area contributed by atoms with E-state index in [1.807, 2.05) is 55.4 Å². The van der Waals surface area contributed by atoms with Crippen LogP contribution in [0.5, 0.6) is 5.75 Å². The van der Waals surface area contributed by atoms with Crippen LogP contribution in [0.15, 0.2) is 76.6 Å². The Labute approximate surface area is 275 Å². The first-order chi connectivity index (χ1) is 19.5. The van der Waals surface area contributed by atoms with Crippen molar-refractivity contribution >= 4 is 34.5 Å². The molecule has 3 atom stereocenters. The molecular weight excluding hydrogens is 772 g/mol. The van der Waals surface area contributed by atoms with Gasteiger partial charge in [-0.2, -0.15) is 0 Å². The summed E-state index contributed by atoms with van der Waals surface area (Å²) in [7, 11) is -1.11. The van der Waals surface area contributed by atoms with Crippen molar-refractivity contribution in [2.75, 3.05) is 19.3 Å². The molecule has 7 nitrogen and oxygen atoms in total. The summed E-state index contributed by atoms with van der Waals surface area (Å²) in [6, 6.07) is 20.8. The fraction of sp³-hybridized carbons (Fsp3) is 0.364. The van der Waals surface area contributed by atoms with Crippen LogP contribution in [0.3, 0.4) is 0 Å². The van der Waals surface area contributed by atoms with Crippen LogP contribution in [0.2, 0.25) is 0 Å². The summed E-state index contributed by atoms with van der Waals surface area (Å²) in [5.74, 6) is 0.958. The van der Waals surface area contributed by atoms with E-state index in [2.05, 4.69) is 17.1 Å². The van der Waals surface area contributed by atoms with Gasteiger partial charge in [-0.1, -0.05) is 56.3 Å². The number of likely N-dealkylation sites (tertiary alicyclic amines) is 1. The molecule has 4 rings (SSSR count). The van der Waals surface area contributed by atoms with E-state index < -0.39 is 16.4 Å². The number of nitrogens with zero attached hydrogens (tertiary/aromatic N) is 2. The Hall–Kier alpha value is -2.73. The SMILES string of the molecule is Cc1cc(CC[C@H]2CN(C(N)=Nc3ccccc3)C[C@@H]2C(=O)c2ccc(S(C)=O)cc2)cc(C)c1OC(C)(C)[C-]=O.[U]. The smallest absolute Gasteiger partial charge is 0.196 e. The average molecular weight is 811 g/mol. The predicted octanol–water partition coefficient (Wildman–Crippen LogP) is 5.32. The molecule has 1 unspecified atom stereocenters. The molecule has 0 saturated carbocycles. The molecule has 0 spiro atoms. The van der Waals surface area contributed by atoms with Gasteiger partial charge in [0.25, 0.3) is 0 Å². The second kappa shape index (κ2) is 14.6. The molecule has 220 valence electrons. The number of aliphatic imine (C=N–C) groups is 1. The van der Waals surface area contributed by atoms with Gasteiger partial charge in [-0.05, 0) is 73.6 Å². The minimum Gasteiger partial charge on any atom is -0.538 e. The molecule has 1 fully saturated rings. The zero-order valence-corrected chi connectivity index (χ0v) is 29.8. The van der Waals surface area contributed by atoms with E-state index >= 15 is 0 Å². The number of carbonyl (C=O) groups is 1. The zero-order valence-electron chi connectivity index (χ0n) is 24.8. The second-order valence-corrected chi connectivity index (χ2v) is 12.6. The van der Waals surface area contributed by atoms with Gasteiger partial charge in [-0.25, -0.2) is 11.3 Å². The molecule has 3 aromatic rings. The van der Waals surface area contributed by atoms with Gasteiger partial charge in [0.1, 0.15) is 5.75 Å². The van der Waals surface area contributed by atoms with E-state index in [-0.39, 0.29) is 48.7 Å². The largest absolute Gasteiger partial charge is 0.538 e. The first kappa shape index (κ1) is 33.8. The second-order valence-electron chi connectivity index (χ2n) is 11.2. The third-order valence-corrected chi connectivity index (χ3v) is 8.44. The average Bonchev–Trinajstić information content (AvgIpc) is 3.38. The van der Waals surface area contributed by atoms with Crippen molar-refractivity contribution in [1.29, 1.82) is 0 Å². The fourth-order valence-electron chi connectivity index (χ4n) is 5.35. The van der Waals surface area contributed by atoms with E-state index in [1.54, 1.807) is 44.4 Å². The van der Waals surface area contributed by atoms with Crippen molar-refractivity contribution in [2.24, 2.45) is 22.6 Å². The van der Waals surface area contributed by atoms with Crippen molar-refractivity contribution in [1.82, 2.24) is 4.90 Å². The number of hydrogen-bond acceptors (Lipinski definition) is 5. The number of ketones is 1. The van der Waals surface area contributed by atoms with Gasteiger partial charge in [-0.15, -0.1) is 0 Å². The van der Waals surface area contributed by atoms with Gasteiger partial charge in [0, 0.05) is 83.2 Å². The molecule has 0 bridgehead atoms. The molecule has 0 radical (unpaired) electrons. The van der Waals surface area contributed by atoms with Crippen molar-refractivity contribution in [2.45, 2.75) is 51.0 Å². The molecule has 1 saturated heterocycles. The van der Waals surface area contributed by atoms with Gasteiger partial charge in [0.05, 0.1) is 5.69 Å². The molecule has 42 heavy (non-hydrogen) atoms. The van der Waals surface area contributed by atoms with Crippen LogP contribution in [0.1, 0.15) is 47.3 Å². The van der Waals surface area contributed by atoms with Gasteiger partial charge in [0.2, 0.25) is 0 Å². The standard InChI is InChI=1S/C33H38N3O4S.U/c1-22-17-24(18-23(2)31(22)40-33(3,4)21-37)11-12-26-19-36(32(34)35-27-9-7-6-8-10-27)20-29(26)30(38)25-13-15-28(16-14-25)41(5)39;/h6-10,13-18,26,29H,11-12,19-20H2,1-5H3,(H2,34,35);/q-1;/t26-,29-,41?;/m0./s1. The van der Waals surface area contributed by atoms with Crippen LogP contribution in [0.25, 0.3) is 0 Å². The van der Waals surface area contributed by atoms with Crippen LogP contribution in [0.4, 0.5) is 5.69 Å². The van der Waals surface area contributed by atoms with E-state index in [9.17, 15) is 13.8 Å². The topological polar surface area (TPSA) is 102 Å². The van der Waals surface area contributed by atoms with Crippen LogP contribution in [0, 0.1) is 56.8 Å². The number of carbonyl (C=O) groups excluding carboxylic acids is 2. The first-order valence-corrected chi connectivity index (χ1v) is 15.3. The summed E-state index contributed by atoms with van der Waals surface area (Å²) in [5, 5.41) is 0. The quantitative estimate of drug-likeness (QED) is 0.129. The first-order valence-electron chi connectivity index (χ1n) is 13.8. The van der Waals surface area contributed by atoms with Crippen molar-refractivity contribution < 1.29 is 49.6 Å². The normalized spacial score (nSPS) is 17.8. The Kier molecular flexibility index (Phi) is 11.8. The zero-order chi connectivity index (χ0) is 29.7.